The van der Waals surface area contributed by atoms with Crippen LogP contribution in [0.5, 0.6) is 17.2 Å². The molecule has 0 bridgehead atoms. The molecule has 2 aromatic rings. The van der Waals surface area contributed by atoms with Crippen LogP contribution < -0.4 is 19.5 Å². The minimum Gasteiger partial charge on any atom is -0.497 e. The molecule has 0 heterocycles. The van der Waals surface area contributed by atoms with Crippen LogP contribution in [0.2, 0.25) is 0 Å². The third-order valence-electron chi connectivity index (χ3n) is 3.92. The summed E-state index contributed by atoms with van der Waals surface area (Å²) in [5.41, 5.74) is 1.72. The van der Waals surface area contributed by atoms with Gasteiger partial charge >= 0.3 is 5.97 Å². The van der Waals surface area contributed by atoms with E-state index < -0.39 is 0 Å². The van der Waals surface area contributed by atoms with Gasteiger partial charge in [-0.2, -0.15) is 0 Å². The van der Waals surface area contributed by atoms with Gasteiger partial charge in [-0.25, -0.2) is 0 Å². The van der Waals surface area contributed by atoms with E-state index in [1.165, 1.54) is 13.2 Å². The van der Waals surface area contributed by atoms with E-state index in [-0.39, 0.29) is 17.8 Å². The first-order chi connectivity index (χ1) is 13.4. The number of methoxy groups -OCH3 is 2. The molecule has 6 nitrogen and oxygen atoms in total. The lowest BCUT2D eigenvalue weighted by Crippen LogP contribution is -2.20. The monoisotopic (exact) mass is 383 g/mol. The largest absolute Gasteiger partial charge is 0.497 e. The van der Waals surface area contributed by atoms with E-state index >= 15 is 0 Å². The second-order valence-corrected chi connectivity index (χ2v) is 6.39. The molecule has 0 spiro atoms. The summed E-state index contributed by atoms with van der Waals surface area (Å²) in [6.07, 6.45) is 3.11. The molecule has 0 saturated carbocycles. The van der Waals surface area contributed by atoms with Crippen LogP contribution in [0.4, 0.5) is 0 Å². The molecule has 2 aromatic carbocycles. The average Bonchev–Trinajstić information content (AvgIpc) is 2.71. The molecule has 0 aromatic heterocycles. The molecule has 28 heavy (non-hydrogen) atoms. The number of benzene rings is 2. The molecular formula is C22H25NO5. The quantitative estimate of drug-likeness (QED) is 0.428. The number of nitrogens with one attached hydrogen (secondary N) is 1. The van der Waals surface area contributed by atoms with Crippen molar-refractivity contribution in [1.82, 2.24) is 5.32 Å². The van der Waals surface area contributed by atoms with Crippen molar-refractivity contribution in [3.8, 4) is 17.2 Å². The van der Waals surface area contributed by atoms with E-state index in [0.717, 1.165) is 16.9 Å². The van der Waals surface area contributed by atoms with Gasteiger partial charge < -0.3 is 19.5 Å². The summed E-state index contributed by atoms with van der Waals surface area (Å²) in [5.74, 6) is 0.756. The van der Waals surface area contributed by atoms with Crippen molar-refractivity contribution in [2.24, 2.45) is 5.92 Å². The van der Waals surface area contributed by atoms with Crippen LogP contribution in [-0.4, -0.2) is 26.1 Å². The molecule has 0 saturated heterocycles. The molecule has 1 N–H and O–H groups in total. The van der Waals surface area contributed by atoms with E-state index in [0.29, 0.717) is 18.0 Å². The van der Waals surface area contributed by atoms with Gasteiger partial charge in [-0.05, 0) is 41.5 Å². The number of hydrogen-bond acceptors (Lipinski definition) is 5. The molecule has 6 heteroatoms. The lowest BCUT2D eigenvalue weighted by atomic mass is 10.1. The van der Waals surface area contributed by atoms with Gasteiger partial charge in [-0.15, -0.1) is 0 Å². The third-order valence-corrected chi connectivity index (χ3v) is 3.92. The number of esters is 1. The van der Waals surface area contributed by atoms with Gasteiger partial charge in [-0.3, -0.25) is 9.59 Å². The summed E-state index contributed by atoms with van der Waals surface area (Å²) >= 11 is 0. The Labute approximate surface area is 165 Å². The highest BCUT2D eigenvalue weighted by Crippen LogP contribution is 2.29. The van der Waals surface area contributed by atoms with Crippen molar-refractivity contribution in [3.05, 3.63) is 59.7 Å². The maximum atomic E-state index is 12.0. The first kappa shape index (κ1) is 21.0. The van der Waals surface area contributed by atoms with Crippen LogP contribution in [0.1, 0.15) is 25.0 Å². The van der Waals surface area contributed by atoms with Crippen molar-refractivity contribution in [1.29, 1.82) is 0 Å². The fraction of sp³-hybridized carbons (Fsp3) is 0.273. The van der Waals surface area contributed by atoms with E-state index in [1.54, 1.807) is 45.2 Å². The molecular weight excluding hydrogens is 358 g/mol. The number of hydrogen-bond donors (Lipinski definition) is 1. The van der Waals surface area contributed by atoms with Gasteiger partial charge in [0.05, 0.1) is 20.1 Å². The summed E-state index contributed by atoms with van der Waals surface area (Å²) in [5, 5.41) is 2.82. The molecule has 0 aliphatic heterocycles. The maximum Gasteiger partial charge on any atom is 0.313 e. The zero-order valence-corrected chi connectivity index (χ0v) is 16.5. The Hall–Kier alpha value is -3.28. The van der Waals surface area contributed by atoms with Crippen molar-refractivity contribution in [3.63, 3.8) is 0 Å². The third kappa shape index (κ3) is 6.16. The molecule has 148 valence electrons. The minimum atomic E-state index is -0.334. The van der Waals surface area contributed by atoms with Crippen LogP contribution in [0.15, 0.2) is 48.5 Å². The smallest absolute Gasteiger partial charge is 0.313 e. The maximum absolute atomic E-state index is 12.0. The average molecular weight is 383 g/mol. The standard InChI is InChI=1S/C22H25NO5/c1-15(2)22(25)28-19-11-7-16(13-20(19)27-4)8-12-21(24)23-14-17-5-9-18(26-3)10-6-17/h5-13,15H,14H2,1-4H3,(H,23,24)/b12-8+. The predicted molar refractivity (Wildman–Crippen MR) is 107 cm³/mol. The molecule has 0 aliphatic rings. The normalized spacial score (nSPS) is 10.8. The molecule has 0 unspecified atom stereocenters. The summed E-state index contributed by atoms with van der Waals surface area (Å²) in [7, 11) is 3.11. The second kappa shape index (κ2) is 10.2. The SMILES string of the molecule is COc1ccc(CNC(=O)/C=C/c2ccc(OC(=O)C(C)C)c(OC)c2)cc1. The minimum absolute atomic E-state index is 0.218. The topological polar surface area (TPSA) is 73.9 Å². The van der Waals surface area contributed by atoms with Crippen molar-refractivity contribution >= 4 is 18.0 Å². The van der Waals surface area contributed by atoms with E-state index in [2.05, 4.69) is 5.32 Å². The fourth-order valence-corrected chi connectivity index (χ4v) is 2.26. The Kier molecular flexibility index (Phi) is 7.63. The van der Waals surface area contributed by atoms with Crippen LogP contribution in [0.3, 0.4) is 0 Å². The molecule has 2 rings (SSSR count). The first-order valence-electron chi connectivity index (χ1n) is 8.91. The zero-order chi connectivity index (χ0) is 20.5. The summed E-state index contributed by atoms with van der Waals surface area (Å²) in [6, 6.07) is 12.6. The second-order valence-electron chi connectivity index (χ2n) is 6.39. The molecule has 0 fully saturated rings. The molecule has 0 atom stereocenters. The van der Waals surface area contributed by atoms with Gasteiger partial charge in [0, 0.05) is 12.6 Å². The zero-order valence-electron chi connectivity index (χ0n) is 16.5. The van der Waals surface area contributed by atoms with E-state index in [4.69, 9.17) is 14.2 Å². The van der Waals surface area contributed by atoms with Crippen LogP contribution in [0.25, 0.3) is 6.08 Å². The van der Waals surface area contributed by atoms with E-state index in [1.807, 2.05) is 24.3 Å². The highest BCUT2D eigenvalue weighted by atomic mass is 16.6. The Morgan fingerprint density at radius 3 is 2.32 bits per heavy atom. The van der Waals surface area contributed by atoms with Crippen LogP contribution in [-0.2, 0) is 16.1 Å². The highest BCUT2D eigenvalue weighted by molar-refractivity contribution is 5.91. The van der Waals surface area contributed by atoms with E-state index in [9.17, 15) is 9.59 Å². The molecule has 0 aliphatic carbocycles. The number of carbonyl (C=O) groups is 2. The van der Waals surface area contributed by atoms with Gasteiger partial charge in [0.2, 0.25) is 5.91 Å². The number of ether oxygens (including phenoxy) is 3. The number of carbonyl (C=O) groups excluding carboxylic acids is 2. The van der Waals surface area contributed by atoms with Crippen molar-refractivity contribution < 1.29 is 23.8 Å². The Morgan fingerprint density at radius 1 is 1.00 bits per heavy atom. The van der Waals surface area contributed by atoms with Crippen molar-refractivity contribution in [2.75, 3.05) is 14.2 Å². The molecule has 1 amide bonds. The van der Waals surface area contributed by atoms with Gasteiger partial charge in [0.25, 0.3) is 0 Å². The van der Waals surface area contributed by atoms with Gasteiger partial charge in [-0.1, -0.05) is 32.0 Å². The number of amides is 1. The Morgan fingerprint density at radius 2 is 1.71 bits per heavy atom. The highest BCUT2D eigenvalue weighted by Gasteiger charge is 2.13. The van der Waals surface area contributed by atoms with Crippen molar-refractivity contribution in [2.45, 2.75) is 20.4 Å². The van der Waals surface area contributed by atoms with Crippen LogP contribution >= 0.6 is 0 Å². The summed E-state index contributed by atoms with van der Waals surface area (Å²) in [4.78, 5) is 23.8. The Balaban J connectivity index is 1.96. The number of rotatable bonds is 8. The first-order valence-corrected chi connectivity index (χ1v) is 8.91. The lowest BCUT2D eigenvalue weighted by molar-refractivity contribution is -0.137. The van der Waals surface area contributed by atoms with Gasteiger partial charge in [0.15, 0.2) is 11.5 Å². The Bertz CT molecular complexity index is 841. The predicted octanol–water partition coefficient (Wildman–Crippen LogP) is 3.59. The van der Waals surface area contributed by atoms with Gasteiger partial charge in [0.1, 0.15) is 5.75 Å². The van der Waals surface area contributed by atoms with Crippen LogP contribution in [0, 0.1) is 5.92 Å². The lowest BCUT2D eigenvalue weighted by Gasteiger charge is -2.11. The fourth-order valence-electron chi connectivity index (χ4n) is 2.26. The summed E-state index contributed by atoms with van der Waals surface area (Å²) < 4.78 is 15.7. The summed E-state index contributed by atoms with van der Waals surface area (Å²) in [6.45, 7) is 3.94. The molecule has 0 radical (unpaired) electrons.